The summed E-state index contributed by atoms with van der Waals surface area (Å²) >= 11 is 0. The number of rotatable bonds is 8. The molecule has 4 rings (SSSR count). The van der Waals surface area contributed by atoms with E-state index in [0.717, 1.165) is 35.5 Å². The van der Waals surface area contributed by atoms with E-state index in [1.54, 1.807) is 29.2 Å². The third kappa shape index (κ3) is 8.89. The van der Waals surface area contributed by atoms with Crippen LogP contribution in [0.25, 0.3) is 0 Å². The second-order valence-electron chi connectivity index (χ2n) is 9.46. The minimum atomic E-state index is -4.00. The number of nitrogens with zero attached hydrogens (tertiary/aromatic N) is 4. The van der Waals surface area contributed by atoms with Crippen LogP contribution in [0.4, 0.5) is 24.7 Å². The minimum Gasteiger partial charge on any atom is -0.403 e. The molecule has 1 aromatic heterocycles. The van der Waals surface area contributed by atoms with Crippen LogP contribution in [0.5, 0.6) is 0 Å². The number of aliphatic imine (C=N–C) groups is 1. The van der Waals surface area contributed by atoms with Crippen molar-refractivity contribution in [2.75, 3.05) is 25.5 Å². The molecule has 1 aliphatic carbocycles. The number of amides is 2. The van der Waals surface area contributed by atoms with Gasteiger partial charge in [0, 0.05) is 64.5 Å². The number of anilines is 1. The van der Waals surface area contributed by atoms with Crippen LogP contribution in [0, 0.1) is 11.8 Å². The first kappa shape index (κ1) is 28.7. The number of carbonyl (C=O) groups is 2. The van der Waals surface area contributed by atoms with Gasteiger partial charge in [0.05, 0.1) is 17.3 Å². The quantitative estimate of drug-likeness (QED) is 0.490. The first-order valence-electron chi connectivity index (χ1n) is 12.3. The molecule has 0 radical (unpaired) electrons. The molecule has 2 fully saturated rings. The number of carbonyl (C=O) groups excluding carboxylic acids is 2. The van der Waals surface area contributed by atoms with Gasteiger partial charge in [0.1, 0.15) is 0 Å². The van der Waals surface area contributed by atoms with Crippen LogP contribution in [-0.2, 0) is 16.1 Å². The number of aromatic nitrogens is 1. The molecular weight excluding hydrogens is 497 g/mol. The molecule has 2 aliphatic rings. The van der Waals surface area contributed by atoms with Crippen molar-refractivity contribution in [1.29, 1.82) is 0 Å². The number of likely N-dealkylation sites (tertiary alicyclic amines) is 1. The molecule has 204 valence electrons. The Kier molecular flexibility index (Phi) is 9.49. The largest absolute Gasteiger partial charge is 0.403 e. The van der Waals surface area contributed by atoms with Gasteiger partial charge in [-0.3, -0.25) is 9.59 Å². The zero-order chi connectivity index (χ0) is 27.9. The molecule has 11 heteroatoms. The van der Waals surface area contributed by atoms with Crippen molar-refractivity contribution >= 4 is 29.0 Å². The molecule has 3 N–H and O–H groups in total. The summed E-state index contributed by atoms with van der Waals surface area (Å²) in [5.74, 6) is 1.05. The monoisotopic (exact) mass is 530 g/mol. The van der Waals surface area contributed by atoms with E-state index in [0.29, 0.717) is 31.4 Å². The summed E-state index contributed by atoms with van der Waals surface area (Å²) in [5, 5.41) is 3.39. The fourth-order valence-corrected chi connectivity index (χ4v) is 3.87. The number of allylic oxidation sites excluding steroid dienone is 1. The fraction of sp³-hybridized carbons (Fsp3) is 0.407. The fourth-order valence-electron chi connectivity index (χ4n) is 3.87. The van der Waals surface area contributed by atoms with Crippen LogP contribution in [-0.4, -0.2) is 58.6 Å². The van der Waals surface area contributed by atoms with Gasteiger partial charge in [-0.2, -0.15) is 13.2 Å². The molecule has 1 saturated heterocycles. The van der Waals surface area contributed by atoms with Crippen molar-refractivity contribution in [2.24, 2.45) is 22.6 Å². The molecule has 2 aromatic rings. The van der Waals surface area contributed by atoms with E-state index in [1.807, 2.05) is 42.5 Å². The maximum absolute atomic E-state index is 12.6. The molecule has 1 saturated carbocycles. The highest BCUT2D eigenvalue weighted by atomic mass is 19.4. The minimum absolute atomic E-state index is 0.0191. The highest BCUT2D eigenvalue weighted by Gasteiger charge is 2.35. The van der Waals surface area contributed by atoms with Gasteiger partial charge >= 0.3 is 6.18 Å². The van der Waals surface area contributed by atoms with Crippen molar-refractivity contribution in [3.05, 3.63) is 66.1 Å². The van der Waals surface area contributed by atoms with Gasteiger partial charge in [-0.05, 0) is 42.7 Å². The number of nitrogens with one attached hydrogen (secondary N) is 1. The van der Waals surface area contributed by atoms with E-state index >= 15 is 0 Å². The number of benzene rings is 1. The standard InChI is InChI=1S/C25H30N6O2.C2H3F3/c1-17(32)31-15-20(16-31)25(33)30(2)14-18-6-10-21(11-7-18)28-22(13-26)24(19-8-9-19)29-23-5-3-4-12-27-23;1-2(3,4)5/h3-7,10-13,19-20,28H,8-9,14-16,26H2,1-2H3;1H3/b22-13+,29-24+;. The van der Waals surface area contributed by atoms with Crippen molar-refractivity contribution in [2.45, 2.75) is 39.4 Å². The van der Waals surface area contributed by atoms with Gasteiger partial charge in [-0.1, -0.05) is 18.2 Å². The molecule has 0 spiro atoms. The van der Waals surface area contributed by atoms with Crippen LogP contribution >= 0.6 is 0 Å². The van der Waals surface area contributed by atoms with Crippen molar-refractivity contribution in [3.8, 4) is 0 Å². The third-order valence-corrected chi connectivity index (χ3v) is 6.00. The second-order valence-corrected chi connectivity index (χ2v) is 9.46. The lowest BCUT2D eigenvalue weighted by molar-refractivity contribution is -0.146. The molecule has 8 nitrogen and oxygen atoms in total. The summed E-state index contributed by atoms with van der Waals surface area (Å²) in [4.78, 5) is 36.4. The molecule has 38 heavy (non-hydrogen) atoms. The number of nitrogens with two attached hydrogens (primary N) is 1. The Bertz CT molecular complexity index is 1150. The first-order valence-corrected chi connectivity index (χ1v) is 12.3. The molecule has 2 amide bonds. The van der Waals surface area contributed by atoms with E-state index in [1.165, 1.54) is 6.92 Å². The molecular formula is C27H33F3N6O2. The highest BCUT2D eigenvalue weighted by Crippen LogP contribution is 2.34. The maximum atomic E-state index is 12.6. The number of alkyl halides is 3. The van der Waals surface area contributed by atoms with Crippen molar-refractivity contribution < 1.29 is 22.8 Å². The van der Waals surface area contributed by atoms with E-state index in [4.69, 9.17) is 10.7 Å². The lowest BCUT2D eigenvalue weighted by Crippen LogP contribution is -2.55. The van der Waals surface area contributed by atoms with Gasteiger partial charge in [0.25, 0.3) is 0 Å². The molecule has 1 aliphatic heterocycles. The van der Waals surface area contributed by atoms with Gasteiger partial charge in [-0.25, -0.2) is 9.98 Å². The van der Waals surface area contributed by atoms with Gasteiger partial charge in [0.2, 0.25) is 11.8 Å². The van der Waals surface area contributed by atoms with Crippen molar-refractivity contribution in [3.63, 3.8) is 0 Å². The average Bonchev–Trinajstić information content (AvgIpc) is 3.66. The predicted octanol–water partition coefficient (Wildman–Crippen LogP) is 4.48. The lowest BCUT2D eigenvalue weighted by Gasteiger charge is -2.39. The molecule has 0 atom stereocenters. The van der Waals surface area contributed by atoms with Crippen LogP contribution in [0.3, 0.4) is 0 Å². The Morgan fingerprint density at radius 2 is 1.79 bits per heavy atom. The van der Waals surface area contributed by atoms with Crippen molar-refractivity contribution in [1.82, 2.24) is 14.8 Å². The summed E-state index contributed by atoms with van der Waals surface area (Å²) in [6.07, 6.45) is 1.47. The van der Waals surface area contributed by atoms with Crippen LogP contribution in [0.1, 0.15) is 32.3 Å². The summed E-state index contributed by atoms with van der Waals surface area (Å²) in [7, 11) is 1.80. The number of hydrogen-bond acceptors (Lipinski definition) is 6. The number of pyridine rings is 1. The zero-order valence-corrected chi connectivity index (χ0v) is 21.7. The number of halogens is 3. The Hall–Kier alpha value is -3.89. The summed E-state index contributed by atoms with van der Waals surface area (Å²) in [6.45, 7) is 3.26. The molecule has 1 aromatic carbocycles. The van der Waals surface area contributed by atoms with Gasteiger partial charge in [-0.15, -0.1) is 0 Å². The predicted molar refractivity (Wildman–Crippen MR) is 140 cm³/mol. The summed E-state index contributed by atoms with van der Waals surface area (Å²) < 4.78 is 31.1. The van der Waals surface area contributed by atoms with Gasteiger partial charge in [0.15, 0.2) is 5.82 Å². The van der Waals surface area contributed by atoms with Crippen LogP contribution in [0.2, 0.25) is 0 Å². The second kappa shape index (κ2) is 12.6. The van der Waals surface area contributed by atoms with Crippen LogP contribution in [0.15, 0.2) is 65.6 Å². The van der Waals surface area contributed by atoms with E-state index in [9.17, 15) is 22.8 Å². The zero-order valence-electron chi connectivity index (χ0n) is 21.7. The van der Waals surface area contributed by atoms with E-state index < -0.39 is 6.18 Å². The Labute approximate surface area is 220 Å². The first-order chi connectivity index (χ1) is 17.9. The smallest absolute Gasteiger partial charge is 0.386 e. The highest BCUT2D eigenvalue weighted by molar-refractivity contribution is 6.06. The Morgan fingerprint density at radius 1 is 1.16 bits per heavy atom. The Morgan fingerprint density at radius 3 is 2.29 bits per heavy atom. The number of hydrogen-bond donors (Lipinski definition) is 2. The van der Waals surface area contributed by atoms with Crippen LogP contribution < -0.4 is 11.1 Å². The SMILES string of the molecule is CC(=O)N1CC(C(=O)N(C)Cc2ccc(NC(=C/N)/C(=N/c3ccccn3)C3CC3)cc2)C1.CC(F)(F)F. The normalized spacial score (nSPS) is 16.2. The topological polar surface area (TPSA) is 104 Å². The molecule has 0 bridgehead atoms. The average molecular weight is 531 g/mol. The van der Waals surface area contributed by atoms with E-state index in [2.05, 4.69) is 10.3 Å². The van der Waals surface area contributed by atoms with Gasteiger partial charge < -0.3 is 20.9 Å². The maximum Gasteiger partial charge on any atom is 0.386 e. The molecule has 2 heterocycles. The third-order valence-electron chi connectivity index (χ3n) is 6.00. The summed E-state index contributed by atoms with van der Waals surface area (Å²) in [5.41, 5.74) is 9.58. The summed E-state index contributed by atoms with van der Waals surface area (Å²) in [6, 6.07) is 13.6. The lowest BCUT2D eigenvalue weighted by atomic mass is 9.98. The molecule has 0 unspecified atom stereocenters. The Balaban J connectivity index is 0.000000732. The van der Waals surface area contributed by atoms with E-state index in [-0.39, 0.29) is 24.7 Å².